The Morgan fingerprint density at radius 1 is 1.09 bits per heavy atom. The number of esters is 2. The fourth-order valence-electron chi connectivity index (χ4n) is 4.78. The Hall–Kier alpha value is -3.80. The van der Waals surface area contributed by atoms with E-state index in [9.17, 15) is 18.4 Å². The maximum Gasteiger partial charge on any atom is 0.387 e. The number of carbonyl (C=O) groups excluding carboxylic acids is 2. The minimum absolute atomic E-state index is 0.0187. The number of halogens is 2. The van der Waals surface area contributed by atoms with Crippen molar-refractivity contribution in [1.29, 1.82) is 0 Å². The summed E-state index contributed by atoms with van der Waals surface area (Å²) in [7, 11) is 1.39. The van der Waals surface area contributed by atoms with Gasteiger partial charge in [-0.2, -0.15) is 8.78 Å². The smallest absolute Gasteiger partial charge is 0.387 e. The molecule has 0 radical (unpaired) electrons. The summed E-state index contributed by atoms with van der Waals surface area (Å²) in [4.78, 5) is 26.5. The molecule has 2 aromatic rings. The Morgan fingerprint density at radius 3 is 2.53 bits per heavy atom. The molecule has 1 fully saturated rings. The second-order valence-corrected chi connectivity index (χ2v) is 10.7. The van der Waals surface area contributed by atoms with Crippen LogP contribution in [0.15, 0.2) is 60.7 Å². The van der Waals surface area contributed by atoms with Crippen molar-refractivity contribution < 1.29 is 51.5 Å². The normalized spacial score (nSPS) is 26.0. The monoisotopic (exact) mass is 602 g/mol. The lowest BCUT2D eigenvalue weighted by molar-refractivity contribution is -0.152. The first-order chi connectivity index (χ1) is 20.5. The predicted octanol–water partition coefficient (Wildman–Crippen LogP) is 6.17. The lowest BCUT2D eigenvalue weighted by atomic mass is 9.98. The Morgan fingerprint density at radius 2 is 1.84 bits per heavy atom. The molecule has 0 spiro atoms. The van der Waals surface area contributed by atoms with E-state index in [0.29, 0.717) is 5.56 Å². The molecule has 43 heavy (non-hydrogen) atoms. The second-order valence-electron chi connectivity index (χ2n) is 10.7. The molecular formula is C32H36F2O9. The number of cyclic esters (lactones) is 1. The van der Waals surface area contributed by atoms with Gasteiger partial charge < -0.3 is 33.2 Å². The number of hydrogen-bond acceptors (Lipinski definition) is 9. The largest absolute Gasteiger partial charge is 0.466 e. The van der Waals surface area contributed by atoms with E-state index in [1.165, 1.54) is 19.2 Å². The molecule has 5 atom stereocenters. The van der Waals surface area contributed by atoms with E-state index in [4.69, 9.17) is 28.4 Å². The van der Waals surface area contributed by atoms with E-state index in [0.717, 1.165) is 0 Å². The molecule has 11 heteroatoms. The SMILES string of the molecule is COCOc1cc(OC(F)F)cc2c1C(=O)O[C@@H](C)[C@H](C)/C=C\C(OC(=O)c1ccccc1)[C@H]1OC(C)(C)O[C@H]1CC=C2. The van der Waals surface area contributed by atoms with Crippen molar-refractivity contribution >= 4 is 18.0 Å². The van der Waals surface area contributed by atoms with Crippen molar-refractivity contribution in [1.82, 2.24) is 0 Å². The van der Waals surface area contributed by atoms with Crippen molar-refractivity contribution in [2.24, 2.45) is 5.92 Å². The summed E-state index contributed by atoms with van der Waals surface area (Å²) in [6, 6.07) is 11.1. The van der Waals surface area contributed by atoms with Crippen molar-refractivity contribution in [2.75, 3.05) is 13.9 Å². The molecule has 0 aromatic heterocycles. The molecule has 0 N–H and O–H groups in total. The first-order valence-corrected chi connectivity index (χ1v) is 13.9. The Labute approximate surface area is 249 Å². The molecule has 2 heterocycles. The Bertz CT molecular complexity index is 1330. The van der Waals surface area contributed by atoms with Crippen LogP contribution in [0.5, 0.6) is 11.5 Å². The van der Waals surface area contributed by atoms with Gasteiger partial charge >= 0.3 is 18.6 Å². The van der Waals surface area contributed by atoms with Gasteiger partial charge in [0.1, 0.15) is 35.4 Å². The molecule has 9 nitrogen and oxygen atoms in total. The third-order valence-corrected chi connectivity index (χ3v) is 6.97. The maximum atomic E-state index is 13.5. The van der Waals surface area contributed by atoms with E-state index < -0.39 is 48.8 Å². The Kier molecular flexibility index (Phi) is 10.5. The minimum Gasteiger partial charge on any atom is -0.466 e. The number of rotatable bonds is 7. The average Bonchev–Trinajstić information content (AvgIpc) is 3.27. The summed E-state index contributed by atoms with van der Waals surface area (Å²) in [5.74, 6) is -2.84. The third kappa shape index (κ3) is 8.40. The zero-order valence-corrected chi connectivity index (χ0v) is 24.7. The number of hydrogen-bond donors (Lipinski definition) is 0. The summed E-state index contributed by atoms with van der Waals surface area (Å²) in [6.45, 7) is 3.73. The van der Waals surface area contributed by atoms with Gasteiger partial charge in [-0.3, -0.25) is 0 Å². The molecule has 232 valence electrons. The topological polar surface area (TPSA) is 98.8 Å². The quantitative estimate of drug-likeness (QED) is 0.209. The highest BCUT2D eigenvalue weighted by atomic mass is 19.3. The number of alkyl halides is 2. The van der Waals surface area contributed by atoms with Crippen LogP contribution < -0.4 is 9.47 Å². The van der Waals surface area contributed by atoms with Crippen LogP contribution in [-0.2, 0) is 23.7 Å². The molecule has 2 aliphatic rings. The summed E-state index contributed by atoms with van der Waals surface area (Å²) in [5.41, 5.74) is 0.624. The van der Waals surface area contributed by atoms with Crippen LogP contribution in [0.3, 0.4) is 0 Å². The summed E-state index contributed by atoms with van der Waals surface area (Å²) in [5, 5.41) is 0. The first-order valence-electron chi connectivity index (χ1n) is 13.9. The van der Waals surface area contributed by atoms with E-state index in [2.05, 4.69) is 4.74 Å². The van der Waals surface area contributed by atoms with E-state index in [1.807, 2.05) is 6.92 Å². The zero-order valence-electron chi connectivity index (χ0n) is 24.7. The molecule has 1 saturated heterocycles. The van der Waals surface area contributed by atoms with E-state index in [-0.39, 0.29) is 41.8 Å². The molecule has 0 amide bonds. The van der Waals surface area contributed by atoms with E-state index in [1.54, 1.807) is 75.4 Å². The first kappa shape index (κ1) is 32.1. The van der Waals surface area contributed by atoms with Gasteiger partial charge in [-0.1, -0.05) is 43.4 Å². The zero-order chi connectivity index (χ0) is 31.1. The van der Waals surface area contributed by atoms with Gasteiger partial charge in [-0.25, -0.2) is 9.59 Å². The molecule has 1 unspecified atom stereocenters. The van der Waals surface area contributed by atoms with Crippen LogP contribution in [0.1, 0.15) is 60.4 Å². The van der Waals surface area contributed by atoms with Crippen LogP contribution in [-0.4, -0.2) is 62.7 Å². The number of benzene rings is 2. The molecule has 4 rings (SSSR count). The average molecular weight is 603 g/mol. The van der Waals surface area contributed by atoms with Gasteiger partial charge in [0.05, 0.1) is 11.7 Å². The molecular weight excluding hydrogens is 566 g/mol. The highest BCUT2D eigenvalue weighted by Crippen LogP contribution is 2.36. The molecule has 2 aromatic carbocycles. The van der Waals surface area contributed by atoms with Crippen molar-refractivity contribution in [3.63, 3.8) is 0 Å². The fraction of sp³-hybridized carbons (Fsp3) is 0.438. The van der Waals surface area contributed by atoms with Gasteiger partial charge in [-0.05, 0) is 57.0 Å². The summed E-state index contributed by atoms with van der Waals surface area (Å²) in [6.07, 6.45) is 4.31. The highest BCUT2D eigenvalue weighted by Gasteiger charge is 2.45. The second kappa shape index (κ2) is 14.1. The van der Waals surface area contributed by atoms with Crippen LogP contribution in [0.4, 0.5) is 8.78 Å². The standard InChI is InChI=1S/C32H36F2O9/c1-19-14-15-24(41-29(35)21-10-7-6-8-11-21)28-25(42-32(3,4)43-28)13-9-12-22-16-23(40-31(33)34)17-26(38-18-37-5)27(22)30(36)39-20(19)2/h6-12,14-17,19-20,24-25,28,31H,13,18H2,1-5H3/b12-9?,15-14-/t19-,20+,24?,25+,28-/m1/s1. The predicted molar refractivity (Wildman–Crippen MR) is 152 cm³/mol. The van der Waals surface area contributed by atoms with Gasteiger partial charge in [-0.15, -0.1) is 0 Å². The van der Waals surface area contributed by atoms with E-state index >= 15 is 0 Å². The number of carbonyl (C=O) groups is 2. The molecule has 0 saturated carbocycles. The Balaban J connectivity index is 1.75. The van der Waals surface area contributed by atoms with Crippen LogP contribution in [0, 0.1) is 5.92 Å². The number of ether oxygens (including phenoxy) is 7. The van der Waals surface area contributed by atoms with Crippen LogP contribution in [0.2, 0.25) is 0 Å². The van der Waals surface area contributed by atoms with Crippen molar-refractivity contribution in [3.05, 3.63) is 77.4 Å². The lowest BCUT2D eigenvalue weighted by Gasteiger charge is -2.25. The van der Waals surface area contributed by atoms with Crippen molar-refractivity contribution in [2.45, 2.75) is 70.9 Å². The summed E-state index contributed by atoms with van der Waals surface area (Å²) >= 11 is 0. The third-order valence-electron chi connectivity index (χ3n) is 6.97. The highest BCUT2D eigenvalue weighted by molar-refractivity contribution is 5.97. The minimum atomic E-state index is -3.10. The van der Waals surface area contributed by atoms with Gasteiger partial charge in [0.25, 0.3) is 0 Å². The maximum absolute atomic E-state index is 13.5. The van der Waals surface area contributed by atoms with Crippen molar-refractivity contribution in [3.8, 4) is 11.5 Å². The molecule has 0 bridgehead atoms. The van der Waals surface area contributed by atoms with Crippen LogP contribution >= 0.6 is 0 Å². The summed E-state index contributed by atoms with van der Waals surface area (Å²) < 4.78 is 65.6. The molecule has 2 aliphatic heterocycles. The lowest BCUT2D eigenvalue weighted by Crippen LogP contribution is -2.37. The number of fused-ring (bicyclic) bond motifs is 2. The van der Waals surface area contributed by atoms with Gasteiger partial charge in [0.15, 0.2) is 12.6 Å². The number of methoxy groups -OCH3 is 1. The van der Waals surface area contributed by atoms with Gasteiger partial charge in [0.2, 0.25) is 0 Å². The van der Waals surface area contributed by atoms with Crippen LogP contribution in [0.25, 0.3) is 6.08 Å². The fourth-order valence-corrected chi connectivity index (χ4v) is 4.78. The van der Waals surface area contributed by atoms with Gasteiger partial charge in [0, 0.05) is 19.1 Å². The molecule has 0 aliphatic carbocycles.